The molecular weight excluding hydrogens is 263 g/mol. The van der Waals surface area contributed by atoms with Crippen molar-refractivity contribution in [3.63, 3.8) is 0 Å². The maximum atomic E-state index is 13.6. The Balaban J connectivity index is 2.94. The van der Waals surface area contributed by atoms with Gasteiger partial charge in [0, 0.05) is 12.0 Å². The maximum Gasteiger partial charge on any atom is 0.338 e. The van der Waals surface area contributed by atoms with Gasteiger partial charge >= 0.3 is 5.97 Å². The number of carboxylic acids is 1. The fourth-order valence-electron chi connectivity index (χ4n) is 1.97. The second-order valence-electron chi connectivity index (χ2n) is 4.94. The molecule has 112 valence electrons. The SMILES string of the molecule is CCC(CC)(CO)CNc1cc(F)c(C(=O)O)cc1N. The summed E-state index contributed by atoms with van der Waals surface area (Å²) in [6, 6.07) is 2.17. The topological polar surface area (TPSA) is 95.6 Å². The summed E-state index contributed by atoms with van der Waals surface area (Å²) in [5.74, 6) is -2.19. The first-order chi connectivity index (χ1) is 9.39. The molecule has 0 heterocycles. The molecular formula is C14H21FN2O3. The van der Waals surface area contributed by atoms with Crippen molar-refractivity contribution < 1.29 is 19.4 Å². The van der Waals surface area contributed by atoms with E-state index >= 15 is 0 Å². The van der Waals surface area contributed by atoms with Gasteiger partial charge in [-0.1, -0.05) is 13.8 Å². The van der Waals surface area contributed by atoms with E-state index in [1.54, 1.807) is 0 Å². The molecule has 1 aromatic rings. The molecule has 0 aliphatic rings. The molecule has 0 aliphatic heterocycles. The molecule has 0 radical (unpaired) electrons. The molecule has 0 spiro atoms. The minimum Gasteiger partial charge on any atom is -0.478 e. The lowest BCUT2D eigenvalue weighted by molar-refractivity contribution is 0.0692. The number of nitrogens with two attached hydrogens (primary N) is 1. The zero-order valence-corrected chi connectivity index (χ0v) is 11.7. The second kappa shape index (κ2) is 6.56. The van der Waals surface area contributed by atoms with E-state index in [1.807, 2.05) is 13.8 Å². The number of hydrogen-bond donors (Lipinski definition) is 4. The molecule has 0 unspecified atom stereocenters. The Morgan fingerprint density at radius 1 is 1.40 bits per heavy atom. The van der Waals surface area contributed by atoms with Crippen molar-refractivity contribution >= 4 is 17.3 Å². The number of benzene rings is 1. The number of nitrogen functional groups attached to an aromatic ring is 1. The third-order valence-corrected chi connectivity index (χ3v) is 3.86. The van der Waals surface area contributed by atoms with Crippen LogP contribution in [0.25, 0.3) is 0 Å². The van der Waals surface area contributed by atoms with E-state index in [4.69, 9.17) is 10.8 Å². The first kappa shape index (κ1) is 16.2. The lowest BCUT2D eigenvalue weighted by Gasteiger charge is -2.30. The number of nitrogens with one attached hydrogen (secondary N) is 1. The first-order valence-electron chi connectivity index (χ1n) is 6.56. The van der Waals surface area contributed by atoms with Gasteiger partial charge in [0.25, 0.3) is 0 Å². The van der Waals surface area contributed by atoms with E-state index in [0.717, 1.165) is 25.0 Å². The highest BCUT2D eigenvalue weighted by Gasteiger charge is 2.25. The Bertz CT molecular complexity index is 479. The largest absolute Gasteiger partial charge is 0.478 e. The molecule has 1 aromatic carbocycles. The van der Waals surface area contributed by atoms with Gasteiger partial charge in [-0.15, -0.1) is 0 Å². The molecule has 0 saturated heterocycles. The molecule has 1 rings (SSSR count). The first-order valence-corrected chi connectivity index (χ1v) is 6.56. The van der Waals surface area contributed by atoms with Crippen LogP contribution in [0, 0.1) is 11.2 Å². The average molecular weight is 284 g/mol. The number of aliphatic hydroxyl groups is 1. The molecule has 6 heteroatoms. The number of aliphatic hydroxyl groups excluding tert-OH is 1. The maximum absolute atomic E-state index is 13.6. The van der Waals surface area contributed by atoms with Gasteiger partial charge in [0.1, 0.15) is 5.82 Å². The smallest absolute Gasteiger partial charge is 0.338 e. The summed E-state index contributed by atoms with van der Waals surface area (Å²) in [5.41, 5.74) is 5.49. The number of carboxylic acid groups (broad SMARTS) is 1. The Morgan fingerprint density at radius 2 is 2.00 bits per heavy atom. The minimum atomic E-state index is -1.35. The number of carbonyl (C=O) groups is 1. The summed E-state index contributed by atoms with van der Waals surface area (Å²) >= 11 is 0. The fourth-order valence-corrected chi connectivity index (χ4v) is 1.97. The summed E-state index contributed by atoms with van der Waals surface area (Å²) in [4.78, 5) is 10.8. The molecule has 0 saturated carbocycles. The summed E-state index contributed by atoms with van der Waals surface area (Å²) in [7, 11) is 0. The van der Waals surface area contributed by atoms with Gasteiger partial charge in [0.05, 0.1) is 23.5 Å². The molecule has 0 bridgehead atoms. The third kappa shape index (κ3) is 3.39. The van der Waals surface area contributed by atoms with Crippen LogP contribution in [-0.2, 0) is 0 Å². The molecule has 0 amide bonds. The zero-order valence-electron chi connectivity index (χ0n) is 11.7. The van der Waals surface area contributed by atoms with Gasteiger partial charge in [-0.05, 0) is 25.0 Å². The van der Waals surface area contributed by atoms with Crippen molar-refractivity contribution in [2.24, 2.45) is 5.41 Å². The van der Waals surface area contributed by atoms with Crippen LogP contribution in [0.3, 0.4) is 0 Å². The quantitative estimate of drug-likeness (QED) is 0.576. The van der Waals surface area contributed by atoms with Crippen LogP contribution in [0.4, 0.5) is 15.8 Å². The molecule has 5 N–H and O–H groups in total. The Hall–Kier alpha value is -1.82. The summed E-state index contributed by atoms with van der Waals surface area (Å²) in [6.45, 7) is 4.40. The minimum absolute atomic E-state index is 0.0165. The van der Waals surface area contributed by atoms with E-state index in [2.05, 4.69) is 5.32 Å². The van der Waals surface area contributed by atoms with Gasteiger partial charge in [-0.25, -0.2) is 9.18 Å². The zero-order chi connectivity index (χ0) is 15.3. The lowest BCUT2D eigenvalue weighted by atomic mass is 9.83. The van der Waals surface area contributed by atoms with E-state index in [1.165, 1.54) is 0 Å². The van der Waals surface area contributed by atoms with E-state index < -0.39 is 17.3 Å². The number of halogens is 1. The van der Waals surface area contributed by atoms with Gasteiger partial charge in [0.2, 0.25) is 0 Å². The van der Waals surface area contributed by atoms with Gasteiger partial charge in [0.15, 0.2) is 0 Å². The molecule has 0 aliphatic carbocycles. The van der Waals surface area contributed by atoms with E-state index in [-0.39, 0.29) is 17.7 Å². The third-order valence-electron chi connectivity index (χ3n) is 3.86. The molecule has 0 aromatic heterocycles. The van der Waals surface area contributed by atoms with Crippen molar-refractivity contribution in [1.29, 1.82) is 0 Å². The van der Waals surface area contributed by atoms with Crippen LogP contribution < -0.4 is 11.1 Å². The predicted molar refractivity (Wildman–Crippen MR) is 76.4 cm³/mol. The summed E-state index contributed by atoms with van der Waals surface area (Å²) < 4.78 is 13.6. The van der Waals surface area contributed by atoms with Gasteiger partial charge in [-0.3, -0.25) is 0 Å². The van der Waals surface area contributed by atoms with E-state index in [9.17, 15) is 14.3 Å². The van der Waals surface area contributed by atoms with Crippen LogP contribution >= 0.6 is 0 Å². The standard InChI is InChI=1S/C14H21FN2O3/c1-3-14(4-2,8-18)7-17-12-6-10(15)9(13(19)20)5-11(12)16/h5-6,17-18H,3-4,7-8,16H2,1-2H3,(H,19,20). The van der Waals surface area contributed by atoms with Crippen molar-refractivity contribution in [1.82, 2.24) is 0 Å². The Kier molecular flexibility index (Phi) is 5.33. The number of anilines is 2. The predicted octanol–water partition coefficient (Wildman–Crippen LogP) is 2.32. The second-order valence-corrected chi connectivity index (χ2v) is 4.94. The highest BCUT2D eigenvalue weighted by atomic mass is 19.1. The normalized spacial score (nSPS) is 11.4. The lowest BCUT2D eigenvalue weighted by Crippen LogP contribution is -2.32. The van der Waals surface area contributed by atoms with Crippen LogP contribution in [0.1, 0.15) is 37.0 Å². The van der Waals surface area contributed by atoms with Crippen LogP contribution in [0.2, 0.25) is 0 Å². The summed E-state index contributed by atoms with van der Waals surface area (Å²) in [5, 5.41) is 21.3. The van der Waals surface area contributed by atoms with Crippen LogP contribution in [-0.4, -0.2) is 29.3 Å². The number of rotatable bonds is 7. The highest BCUT2D eigenvalue weighted by Crippen LogP contribution is 2.29. The Labute approximate surface area is 117 Å². The number of hydrogen-bond acceptors (Lipinski definition) is 4. The Morgan fingerprint density at radius 3 is 2.45 bits per heavy atom. The molecule has 20 heavy (non-hydrogen) atoms. The molecule has 5 nitrogen and oxygen atoms in total. The monoisotopic (exact) mass is 284 g/mol. The average Bonchev–Trinajstić information content (AvgIpc) is 2.43. The highest BCUT2D eigenvalue weighted by molar-refractivity contribution is 5.90. The van der Waals surface area contributed by atoms with E-state index in [0.29, 0.717) is 12.2 Å². The fraction of sp³-hybridized carbons (Fsp3) is 0.500. The number of aromatic carboxylic acids is 1. The van der Waals surface area contributed by atoms with Gasteiger partial charge < -0.3 is 21.3 Å². The van der Waals surface area contributed by atoms with Crippen LogP contribution in [0.5, 0.6) is 0 Å². The van der Waals surface area contributed by atoms with Gasteiger partial charge in [-0.2, -0.15) is 0 Å². The van der Waals surface area contributed by atoms with Crippen LogP contribution in [0.15, 0.2) is 12.1 Å². The van der Waals surface area contributed by atoms with Crippen molar-refractivity contribution in [3.05, 3.63) is 23.5 Å². The van der Waals surface area contributed by atoms with Crippen molar-refractivity contribution in [2.45, 2.75) is 26.7 Å². The molecule has 0 atom stereocenters. The van der Waals surface area contributed by atoms with Crippen molar-refractivity contribution in [3.8, 4) is 0 Å². The summed E-state index contributed by atoms with van der Waals surface area (Å²) in [6.07, 6.45) is 1.53. The van der Waals surface area contributed by atoms with Crippen molar-refractivity contribution in [2.75, 3.05) is 24.2 Å². The molecule has 0 fully saturated rings.